The highest BCUT2D eigenvalue weighted by atomic mass is 16.5. The van der Waals surface area contributed by atoms with Crippen molar-refractivity contribution in [2.45, 2.75) is 44.4 Å². The molecule has 2 atom stereocenters. The van der Waals surface area contributed by atoms with Crippen LogP contribution in [0.1, 0.15) is 31.2 Å². The average molecular weight is 205 g/mol. The third-order valence-corrected chi connectivity index (χ3v) is 3.00. The first-order valence-electron chi connectivity index (χ1n) is 5.75. The minimum Gasteiger partial charge on any atom is -0.373 e. The van der Waals surface area contributed by atoms with Crippen molar-refractivity contribution in [2.24, 2.45) is 5.73 Å². The summed E-state index contributed by atoms with van der Waals surface area (Å²) in [5, 5.41) is 0. The molecule has 0 aromatic heterocycles. The highest BCUT2D eigenvalue weighted by Crippen LogP contribution is 2.20. The topological polar surface area (TPSA) is 35.2 Å². The summed E-state index contributed by atoms with van der Waals surface area (Å²) in [7, 11) is 0. The second-order valence-corrected chi connectivity index (χ2v) is 4.35. The van der Waals surface area contributed by atoms with Crippen LogP contribution in [0, 0.1) is 0 Å². The van der Waals surface area contributed by atoms with Crippen molar-refractivity contribution in [1.29, 1.82) is 0 Å². The summed E-state index contributed by atoms with van der Waals surface area (Å²) in [6, 6.07) is 10.7. The fourth-order valence-corrected chi connectivity index (χ4v) is 2.12. The van der Waals surface area contributed by atoms with Crippen LogP contribution in [-0.4, -0.2) is 12.1 Å². The Kier molecular flexibility index (Phi) is 3.75. The largest absolute Gasteiger partial charge is 0.373 e. The first kappa shape index (κ1) is 10.7. The molecule has 2 rings (SSSR count). The van der Waals surface area contributed by atoms with E-state index in [2.05, 4.69) is 12.1 Å². The Hall–Kier alpha value is -0.860. The lowest BCUT2D eigenvalue weighted by Gasteiger charge is -2.26. The van der Waals surface area contributed by atoms with Gasteiger partial charge in [-0.15, -0.1) is 0 Å². The summed E-state index contributed by atoms with van der Waals surface area (Å²) in [6.07, 6.45) is 4.92. The van der Waals surface area contributed by atoms with E-state index in [1.165, 1.54) is 18.4 Å². The molecule has 0 spiro atoms. The second-order valence-electron chi connectivity index (χ2n) is 4.35. The molecule has 2 N–H and O–H groups in total. The van der Waals surface area contributed by atoms with Gasteiger partial charge in [0.2, 0.25) is 0 Å². The summed E-state index contributed by atoms with van der Waals surface area (Å²) in [4.78, 5) is 0. The van der Waals surface area contributed by atoms with Crippen LogP contribution in [-0.2, 0) is 11.3 Å². The molecule has 2 heteroatoms. The Morgan fingerprint density at radius 1 is 1.20 bits per heavy atom. The molecule has 0 heterocycles. The summed E-state index contributed by atoms with van der Waals surface area (Å²) >= 11 is 0. The molecule has 2 nitrogen and oxygen atoms in total. The van der Waals surface area contributed by atoms with Crippen molar-refractivity contribution in [3.8, 4) is 0 Å². The van der Waals surface area contributed by atoms with Gasteiger partial charge in [-0.05, 0) is 31.2 Å². The van der Waals surface area contributed by atoms with Gasteiger partial charge in [-0.2, -0.15) is 0 Å². The van der Waals surface area contributed by atoms with Crippen molar-refractivity contribution in [3.63, 3.8) is 0 Å². The maximum atomic E-state index is 5.91. The SMILES string of the molecule is N[C@H]1CCC[C@H](OCc2ccccc2)C1. The van der Waals surface area contributed by atoms with Gasteiger partial charge in [-0.25, -0.2) is 0 Å². The predicted molar refractivity (Wildman–Crippen MR) is 61.5 cm³/mol. The highest BCUT2D eigenvalue weighted by Gasteiger charge is 2.19. The molecule has 0 aliphatic heterocycles. The lowest BCUT2D eigenvalue weighted by Crippen LogP contribution is -2.32. The lowest BCUT2D eigenvalue weighted by atomic mass is 9.93. The molecule has 1 aromatic carbocycles. The zero-order valence-electron chi connectivity index (χ0n) is 9.06. The van der Waals surface area contributed by atoms with Crippen LogP contribution >= 0.6 is 0 Å². The van der Waals surface area contributed by atoms with Gasteiger partial charge in [0.25, 0.3) is 0 Å². The van der Waals surface area contributed by atoms with Gasteiger partial charge in [0, 0.05) is 6.04 Å². The molecule has 0 unspecified atom stereocenters. The second kappa shape index (κ2) is 5.29. The smallest absolute Gasteiger partial charge is 0.0720 e. The van der Waals surface area contributed by atoms with E-state index in [4.69, 9.17) is 10.5 Å². The van der Waals surface area contributed by atoms with E-state index < -0.39 is 0 Å². The number of nitrogens with two attached hydrogens (primary N) is 1. The minimum atomic E-state index is 0.347. The van der Waals surface area contributed by atoms with Crippen LogP contribution in [0.2, 0.25) is 0 Å². The van der Waals surface area contributed by atoms with Crippen LogP contribution in [0.5, 0.6) is 0 Å². The van der Waals surface area contributed by atoms with Crippen molar-refractivity contribution < 1.29 is 4.74 Å². The molecule has 1 aliphatic carbocycles. The number of benzene rings is 1. The van der Waals surface area contributed by atoms with Crippen LogP contribution in [0.15, 0.2) is 30.3 Å². The molecule has 0 saturated heterocycles. The minimum absolute atomic E-state index is 0.347. The van der Waals surface area contributed by atoms with E-state index in [9.17, 15) is 0 Å². The molecular weight excluding hydrogens is 186 g/mol. The highest BCUT2D eigenvalue weighted by molar-refractivity contribution is 5.13. The Labute approximate surface area is 91.4 Å². The molecule has 0 radical (unpaired) electrons. The molecule has 1 aromatic rings. The maximum absolute atomic E-state index is 5.91. The zero-order valence-corrected chi connectivity index (χ0v) is 9.06. The van der Waals surface area contributed by atoms with Crippen LogP contribution in [0.25, 0.3) is 0 Å². The number of rotatable bonds is 3. The van der Waals surface area contributed by atoms with Gasteiger partial charge >= 0.3 is 0 Å². The first-order chi connectivity index (χ1) is 7.34. The fourth-order valence-electron chi connectivity index (χ4n) is 2.12. The lowest BCUT2D eigenvalue weighted by molar-refractivity contribution is 0.0122. The molecule has 1 fully saturated rings. The third kappa shape index (κ3) is 3.33. The quantitative estimate of drug-likeness (QED) is 0.822. The van der Waals surface area contributed by atoms with E-state index in [0.717, 1.165) is 19.4 Å². The summed E-state index contributed by atoms with van der Waals surface area (Å²) in [5.74, 6) is 0. The number of hydrogen-bond acceptors (Lipinski definition) is 2. The summed E-state index contributed by atoms with van der Waals surface area (Å²) in [5.41, 5.74) is 7.16. The van der Waals surface area contributed by atoms with Crippen molar-refractivity contribution in [2.75, 3.05) is 0 Å². The first-order valence-corrected chi connectivity index (χ1v) is 5.75. The monoisotopic (exact) mass is 205 g/mol. The maximum Gasteiger partial charge on any atom is 0.0720 e. The van der Waals surface area contributed by atoms with Crippen LogP contribution in [0.4, 0.5) is 0 Å². The Bertz CT molecular complexity index is 286. The molecule has 0 bridgehead atoms. The Balaban J connectivity index is 1.78. The van der Waals surface area contributed by atoms with Gasteiger partial charge in [0.05, 0.1) is 12.7 Å². The van der Waals surface area contributed by atoms with Gasteiger partial charge in [-0.1, -0.05) is 30.3 Å². The average Bonchev–Trinajstić information content (AvgIpc) is 2.28. The fraction of sp³-hybridized carbons (Fsp3) is 0.538. The van der Waals surface area contributed by atoms with E-state index in [-0.39, 0.29) is 0 Å². The van der Waals surface area contributed by atoms with Gasteiger partial charge < -0.3 is 10.5 Å². The van der Waals surface area contributed by atoms with Crippen molar-refractivity contribution in [3.05, 3.63) is 35.9 Å². The Morgan fingerprint density at radius 2 is 2.00 bits per heavy atom. The molecule has 0 amide bonds. The molecular formula is C13H19NO. The molecule has 1 aliphatic rings. The van der Waals surface area contributed by atoms with E-state index in [1.54, 1.807) is 0 Å². The van der Waals surface area contributed by atoms with E-state index in [0.29, 0.717) is 12.1 Å². The van der Waals surface area contributed by atoms with Gasteiger partial charge in [0.1, 0.15) is 0 Å². The molecule has 82 valence electrons. The molecule has 1 saturated carbocycles. The Morgan fingerprint density at radius 3 is 2.73 bits per heavy atom. The van der Waals surface area contributed by atoms with Gasteiger partial charge in [-0.3, -0.25) is 0 Å². The zero-order chi connectivity index (χ0) is 10.5. The van der Waals surface area contributed by atoms with Crippen molar-refractivity contribution in [1.82, 2.24) is 0 Å². The third-order valence-electron chi connectivity index (χ3n) is 3.00. The number of hydrogen-bond donors (Lipinski definition) is 1. The normalized spacial score (nSPS) is 26.5. The van der Waals surface area contributed by atoms with Crippen molar-refractivity contribution >= 4 is 0 Å². The van der Waals surface area contributed by atoms with Crippen LogP contribution in [0.3, 0.4) is 0 Å². The van der Waals surface area contributed by atoms with Crippen LogP contribution < -0.4 is 5.73 Å². The standard InChI is InChI=1S/C13H19NO/c14-12-7-4-8-13(9-12)15-10-11-5-2-1-3-6-11/h1-3,5-6,12-13H,4,7-10,14H2/t12-,13-/m0/s1. The van der Waals surface area contributed by atoms with E-state index in [1.807, 2.05) is 18.2 Å². The van der Waals surface area contributed by atoms with Gasteiger partial charge in [0.15, 0.2) is 0 Å². The van der Waals surface area contributed by atoms with E-state index >= 15 is 0 Å². The summed E-state index contributed by atoms with van der Waals surface area (Å²) in [6.45, 7) is 0.720. The molecule has 15 heavy (non-hydrogen) atoms. The summed E-state index contributed by atoms with van der Waals surface area (Å²) < 4.78 is 5.86. The predicted octanol–water partition coefficient (Wildman–Crippen LogP) is 2.47. The number of ether oxygens (including phenoxy) is 1.